The number of hydrogen-bond donors (Lipinski definition) is 1. The molecule has 2 heterocycles. The van der Waals surface area contributed by atoms with Gasteiger partial charge in [-0.05, 0) is 29.8 Å². The van der Waals surface area contributed by atoms with E-state index in [1.165, 1.54) is 40.3 Å². The Hall–Kier alpha value is -2.53. The predicted molar refractivity (Wildman–Crippen MR) is 87.0 cm³/mol. The van der Waals surface area contributed by atoms with Crippen LogP contribution in [0.2, 0.25) is 0 Å². The lowest BCUT2D eigenvalue weighted by Crippen LogP contribution is -3.16. The Labute approximate surface area is 139 Å². The molecule has 122 valence electrons. The van der Waals surface area contributed by atoms with Crippen molar-refractivity contribution in [1.82, 2.24) is 0 Å². The molecule has 0 spiro atoms. The standard InChI is InChI=1S/C19H17FN2O2/c20-15-5-7-16(8-6-15)22-18(23)11-17(19(22)24)21-10-9-13-3-1-2-4-14(13)12-21/h1-8,17H,9-12H2/p+1/t17-/m0/s1. The fraction of sp³-hybridized carbons (Fsp3) is 0.263. The third-order valence-electron chi connectivity index (χ3n) is 4.98. The van der Waals surface area contributed by atoms with Crippen molar-refractivity contribution in [1.29, 1.82) is 0 Å². The number of anilines is 1. The van der Waals surface area contributed by atoms with Crippen LogP contribution in [0.3, 0.4) is 0 Å². The zero-order chi connectivity index (χ0) is 16.7. The summed E-state index contributed by atoms with van der Waals surface area (Å²) in [4.78, 5) is 27.5. The number of amides is 2. The van der Waals surface area contributed by atoms with E-state index < -0.39 is 0 Å². The number of imide groups is 1. The van der Waals surface area contributed by atoms with Gasteiger partial charge in [0.15, 0.2) is 6.04 Å². The van der Waals surface area contributed by atoms with Gasteiger partial charge in [0.2, 0.25) is 5.91 Å². The summed E-state index contributed by atoms with van der Waals surface area (Å²) in [5.74, 6) is -0.767. The lowest BCUT2D eigenvalue weighted by Gasteiger charge is -2.29. The van der Waals surface area contributed by atoms with E-state index in [0.29, 0.717) is 5.69 Å². The van der Waals surface area contributed by atoms with Gasteiger partial charge >= 0.3 is 0 Å². The van der Waals surface area contributed by atoms with Crippen molar-refractivity contribution in [2.75, 3.05) is 11.4 Å². The summed E-state index contributed by atoms with van der Waals surface area (Å²) < 4.78 is 13.1. The number of benzene rings is 2. The van der Waals surface area contributed by atoms with Gasteiger partial charge in [0, 0.05) is 12.0 Å². The van der Waals surface area contributed by atoms with Crippen molar-refractivity contribution >= 4 is 17.5 Å². The van der Waals surface area contributed by atoms with Crippen molar-refractivity contribution < 1.29 is 18.9 Å². The van der Waals surface area contributed by atoms with Crippen LogP contribution in [-0.2, 0) is 22.6 Å². The molecule has 2 atom stereocenters. The normalized spacial score (nSPS) is 23.5. The summed E-state index contributed by atoms with van der Waals surface area (Å²) in [7, 11) is 0. The average molecular weight is 325 g/mol. The van der Waals surface area contributed by atoms with E-state index in [0.717, 1.165) is 24.4 Å². The largest absolute Gasteiger partial charge is 0.320 e. The third kappa shape index (κ3) is 2.51. The molecule has 1 unspecified atom stereocenters. The number of rotatable bonds is 2. The molecule has 4 rings (SSSR count). The maximum atomic E-state index is 13.1. The Bertz CT molecular complexity index is 803. The van der Waals surface area contributed by atoms with E-state index in [1.54, 1.807) is 0 Å². The molecule has 0 aromatic heterocycles. The quantitative estimate of drug-likeness (QED) is 0.840. The van der Waals surface area contributed by atoms with Crippen molar-refractivity contribution in [3.8, 4) is 0 Å². The number of hydrogen-bond acceptors (Lipinski definition) is 2. The van der Waals surface area contributed by atoms with Crippen LogP contribution in [0.4, 0.5) is 10.1 Å². The Morgan fingerprint density at radius 2 is 1.71 bits per heavy atom. The molecule has 0 aliphatic carbocycles. The van der Waals surface area contributed by atoms with E-state index in [-0.39, 0.29) is 30.1 Å². The highest BCUT2D eigenvalue weighted by atomic mass is 19.1. The molecule has 1 N–H and O–H groups in total. The highest BCUT2D eigenvalue weighted by molar-refractivity contribution is 6.21. The van der Waals surface area contributed by atoms with Gasteiger partial charge in [-0.3, -0.25) is 9.59 Å². The zero-order valence-corrected chi connectivity index (χ0v) is 13.2. The van der Waals surface area contributed by atoms with E-state index >= 15 is 0 Å². The van der Waals surface area contributed by atoms with E-state index in [4.69, 9.17) is 0 Å². The van der Waals surface area contributed by atoms with Crippen LogP contribution in [0.1, 0.15) is 17.5 Å². The SMILES string of the molecule is O=C1C[C@H]([NH+]2CCc3ccccc3C2)C(=O)N1c1ccc(F)cc1. The minimum Gasteiger partial charge on any atom is -0.320 e. The molecule has 2 amide bonds. The number of halogens is 1. The molecule has 1 saturated heterocycles. The number of quaternary nitrogens is 1. The Morgan fingerprint density at radius 1 is 1.00 bits per heavy atom. The molecule has 0 radical (unpaired) electrons. The second-order valence-electron chi connectivity index (χ2n) is 6.40. The van der Waals surface area contributed by atoms with E-state index in [2.05, 4.69) is 12.1 Å². The summed E-state index contributed by atoms with van der Waals surface area (Å²) in [6.07, 6.45) is 1.13. The highest BCUT2D eigenvalue weighted by Gasteiger charge is 2.46. The van der Waals surface area contributed by atoms with Gasteiger partial charge in [-0.15, -0.1) is 0 Å². The monoisotopic (exact) mass is 325 g/mol. The second-order valence-corrected chi connectivity index (χ2v) is 6.40. The van der Waals surface area contributed by atoms with Crippen molar-refractivity contribution in [2.45, 2.75) is 25.4 Å². The van der Waals surface area contributed by atoms with Crippen molar-refractivity contribution in [3.05, 3.63) is 65.5 Å². The first kappa shape index (κ1) is 15.0. The van der Waals surface area contributed by atoms with Gasteiger partial charge in [0.1, 0.15) is 12.4 Å². The number of carbonyl (C=O) groups excluding carboxylic acids is 2. The van der Waals surface area contributed by atoms with Gasteiger partial charge in [0.25, 0.3) is 5.91 Å². The zero-order valence-electron chi connectivity index (χ0n) is 13.2. The molecular weight excluding hydrogens is 307 g/mol. The molecule has 2 aliphatic heterocycles. The molecule has 1 fully saturated rings. The van der Waals surface area contributed by atoms with E-state index in [9.17, 15) is 14.0 Å². The van der Waals surface area contributed by atoms with Crippen LogP contribution in [0.5, 0.6) is 0 Å². The minimum absolute atomic E-state index is 0.180. The van der Waals surface area contributed by atoms with Crippen LogP contribution >= 0.6 is 0 Å². The first-order valence-electron chi connectivity index (χ1n) is 8.17. The van der Waals surface area contributed by atoms with Crippen LogP contribution < -0.4 is 9.80 Å². The van der Waals surface area contributed by atoms with Gasteiger partial charge in [-0.2, -0.15) is 0 Å². The minimum atomic E-state index is -0.382. The summed E-state index contributed by atoms with van der Waals surface area (Å²) in [5.41, 5.74) is 3.03. The van der Waals surface area contributed by atoms with Gasteiger partial charge in [-0.1, -0.05) is 24.3 Å². The number of nitrogens with one attached hydrogen (secondary N) is 1. The van der Waals surface area contributed by atoms with Crippen LogP contribution in [0, 0.1) is 5.82 Å². The summed E-state index contributed by atoms with van der Waals surface area (Å²) in [5, 5.41) is 0. The Morgan fingerprint density at radius 3 is 2.46 bits per heavy atom. The summed E-state index contributed by atoms with van der Waals surface area (Å²) >= 11 is 0. The smallest absolute Gasteiger partial charge is 0.292 e. The van der Waals surface area contributed by atoms with Gasteiger partial charge in [-0.25, -0.2) is 9.29 Å². The first-order chi connectivity index (χ1) is 11.6. The fourth-order valence-corrected chi connectivity index (χ4v) is 3.71. The van der Waals surface area contributed by atoms with Crippen LogP contribution in [0.25, 0.3) is 0 Å². The lowest BCUT2D eigenvalue weighted by atomic mass is 9.98. The fourth-order valence-electron chi connectivity index (χ4n) is 3.71. The lowest BCUT2D eigenvalue weighted by molar-refractivity contribution is -0.930. The average Bonchev–Trinajstić information content (AvgIpc) is 2.90. The molecule has 0 saturated carbocycles. The van der Waals surface area contributed by atoms with Crippen LogP contribution in [-0.4, -0.2) is 24.4 Å². The van der Waals surface area contributed by atoms with Gasteiger partial charge in [0.05, 0.1) is 18.7 Å². The molecule has 2 aliphatic rings. The Balaban J connectivity index is 1.57. The number of fused-ring (bicyclic) bond motifs is 1. The molecular formula is C19H18FN2O2+. The van der Waals surface area contributed by atoms with E-state index in [1.807, 2.05) is 12.1 Å². The topological polar surface area (TPSA) is 41.8 Å². The van der Waals surface area contributed by atoms with Crippen LogP contribution in [0.15, 0.2) is 48.5 Å². The molecule has 5 heteroatoms. The Kier molecular flexibility index (Phi) is 3.65. The molecule has 0 bridgehead atoms. The second kappa shape index (κ2) is 5.83. The van der Waals surface area contributed by atoms with Crippen molar-refractivity contribution in [2.24, 2.45) is 0 Å². The maximum absolute atomic E-state index is 13.1. The third-order valence-corrected chi connectivity index (χ3v) is 4.98. The van der Waals surface area contributed by atoms with Gasteiger partial charge < -0.3 is 4.90 Å². The summed E-state index contributed by atoms with van der Waals surface area (Å²) in [6.45, 7) is 1.61. The molecule has 24 heavy (non-hydrogen) atoms. The number of nitrogens with zero attached hydrogens (tertiary/aromatic N) is 1. The first-order valence-corrected chi connectivity index (χ1v) is 8.17. The highest BCUT2D eigenvalue weighted by Crippen LogP contribution is 2.23. The molecule has 4 nitrogen and oxygen atoms in total. The molecule has 2 aromatic rings. The number of carbonyl (C=O) groups is 2. The predicted octanol–water partition coefficient (Wildman–Crippen LogP) is 1.10. The molecule has 2 aromatic carbocycles. The maximum Gasteiger partial charge on any atom is 0.292 e. The summed E-state index contributed by atoms with van der Waals surface area (Å²) in [6, 6.07) is 13.4. The van der Waals surface area contributed by atoms with Crippen molar-refractivity contribution in [3.63, 3.8) is 0 Å².